The first-order chi connectivity index (χ1) is 12.4. The molecule has 0 unspecified atom stereocenters. The maximum absolute atomic E-state index is 12.6. The van der Waals surface area contributed by atoms with Crippen LogP contribution in [0.2, 0.25) is 0 Å². The van der Waals surface area contributed by atoms with Crippen molar-refractivity contribution in [2.75, 3.05) is 13.1 Å². The SMILES string of the molecule is Cc1ccc2c(c1)C(=O)N(CCCC(=O)N(CCC(C)C)C1CC1)C2=O. The topological polar surface area (TPSA) is 57.7 Å². The Morgan fingerprint density at radius 2 is 1.88 bits per heavy atom. The fourth-order valence-corrected chi connectivity index (χ4v) is 3.43. The van der Waals surface area contributed by atoms with E-state index in [0.29, 0.717) is 42.5 Å². The number of hydrogen-bond acceptors (Lipinski definition) is 3. The second-order valence-corrected chi connectivity index (χ2v) is 7.92. The van der Waals surface area contributed by atoms with E-state index in [1.54, 1.807) is 12.1 Å². The third kappa shape index (κ3) is 3.97. The predicted molar refractivity (Wildman–Crippen MR) is 100.0 cm³/mol. The van der Waals surface area contributed by atoms with Crippen LogP contribution in [0.15, 0.2) is 18.2 Å². The van der Waals surface area contributed by atoms with Gasteiger partial charge in [0.05, 0.1) is 11.1 Å². The summed E-state index contributed by atoms with van der Waals surface area (Å²) in [7, 11) is 0. The number of fused-ring (bicyclic) bond motifs is 1. The van der Waals surface area contributed by atoms with Gasteiger partial charge in [-0.15, -0.1) is 0 Å². The van der Waals surface area contributed by atoms with E-state index < -0.39 is 0 Å². The van der Waals surface area contributed by atoms with E-state index in [1.807, 2.05) is 17.9 Å². The van der Waals surface area contributed by atoms with Crippen molar-refractivity contribution < 1.29 is 14.4 Å². The van der Waals surface area contributed by atoms with Crippen LogP contribution in [0.25, 0.3) is 0 Å². The highest BCUT2D eigenvalue weighted by atomic mass is 16.2. The summed E-state index contributed by atoms with van der Waals surface area (Å²) in [6.45, 7) is 7.36. The molecule has 1 fully saturated rings. The fourth-order valence-electron chi connectivity index (χ4n) is 3.43. The van der Waals surface area contributed by atoms with E-state index in [-0.39, 0.29) is 17.7 Å². The van der Waals surface area contributed by atoms with Crippen molar-refractivity contribution in [1.82, 2.24) is 9.80 Å². The van der Waals surface area contributed by atoms with Crippen molar-refractivity contribution in [3.8, 4) is 0 Å². The van der Waals surface area contributed by atoms with Gasteiger partial charge >= 0.3 is 0 Å². The molecular formula is C21H28N2O3. The molecule has 26 heavy (non-hydrogen) atoms. The molecule has 0 saturated heterocycles. The maximum atomic E-state index is 12.6. The molecule has 0 bridgehead atoms. The molecule has 0 spiro atoms. The zero-order valence-electron chi connectivity index (χ0n) is 16.0. The molecule has 0 N–H and O–H groups in total. The summed E-state index contributed by atoms with van der Waals surface area (Å²) in [5, 5.41) is 0. The Bertz CT molecular complexity index is 722. The van der Waals surface area contributed by atoms with Gasteiger partial charge < -0.3 is 4.90 Å². The molecule has 1 aliphatic heterocycles. The number of benzene rings is 1. The summed E-state index contributed by atoms with van der Waals surface area (Å²) in [5.41, 5.74) is 1.92. The standard InChI is InChI=1S/C21H28N2O3/c1-14(2)10-12-22(16-7-8-16)19(24)5-4-11-23-20(25)17-9-6-15(3)13-18(17)21(23)26/h6,9,13-14,16H,4-5,7-8,10-12H2,1-3H3. The van der Waals surface area contributed by atoms with Crippen molar-refractivity contribution in [2.45, 2.75) is 58.9 Å². The van der Waals surface area contributed by atoms with Crippen molar-refractivity contribution in [3.63, 3.8) is 0 Å². The maximum Gasteiger partial charge on any atom is 0.261 e. The molecule has 0 atom stereocenters. The molecule has 1 aromatic carbocycles. The molecule has 1 heterocycles. The van der Waals surface area contributed by atoms with Crippen LogP contribution in [-0.2, 0) is 4.79 Å². The Labute approximate surface area is 155 Å². The number of imide groups is 1. The molecule has 1 aliphatic carbocycles. The first-order valence-electron chi connectivity index (χ1n) is 9.64. The summed E-state index contributed by atoms with van der Waals surface area (Å²) in [6.07, 6.45) is 4.12. The minimum absolute atomic E-state index is 0.153. The van der Waals surface area contributed by atoms with E-state index in [9.17, 15) is 14.4 Å². The molecule has 0 radical (unpaired) electrons. The monoisotopic (exact) mass is 356 g/mol. The second-order valence-electron chi connectivity index (χ2n) is 7.92. The Kier molecular flexibility index (Phi) is 5.44. The van der Waals surface area contributed by atoms with Crippen LogP contribution in [0.3, 0.4) is 0 Å². The van der Waals surface area contributed by atoms with Crippen LogP contribution in [0.4, 0.5) is 0 Å². The van der Waals surface area contributed by atoms with E-state index in [1.165, 1.54) is 4.90 Å². The summed E-state index contributed by atoms with van der Waals surface area (Å²) < 4.78 is 0. The van der Waals surface area contributed by atoms with Crippen LogP contribution >= 0.6 is 0 Å². The van der Waals surface area contributed by atoms with Gasteiger partial charge in [-0.2, -0.15) is 0 Å². The highest BCUT2D eigenvalue weighted by Gasteiger charge is 2.36. The van der Waals surface area contributed by atoms with E-state index >= 15 is 0 Å². The number of aryl methyl sites for hydroxylation is 1. The van der Waals surface area contributed by atoms with E-state index in [4.69, 9.17) is 0 Å². The Hall–Kier alpha value is -2.17. The number of carbonyl (C=O) groups is 3. The van der Waals surface area contributed by atoms with Gasteiger partial charge in [0.2, 0.25) is 5.91 Å². The summed E-state index contributed by atoms with van der Waals surface area (Å²) in [4.78, 5) is 40.8. The molecule has 5 nitrogen and oxygen atoms in total. The number of amides is 3. The van der Waals surface area contributed by atoms with Gasteiger partial charge in [0.1, 0.15) is 0 Å². The zero-order valence-corrected chi connectivity index (χ0v) is 16.0. The molecule has 5 heteroatoms. The molecule has 140 valence electrons. The molecule has 1 saturated carbocycles. The normalized spacial score (nSPS) is 16.4. The molecule has 3 amide bonds. The lowest BCUT2D eigenvalue weighted by Gasteiger charge is -2.24. The number of nitrogens with zero attached hydrogens (tertiary/aromatic N) is 2. The van der Waals surface area contributed by atoms with Crippen LogP contribution in [-0.4, -0.2) is 46.7 Å². The van der Waals surface area contributed by atoms with Gasteiger partial charge in [-0.1, -0.05) is 25.5 Å². The summed E-state index contributed by atoms with van der Waals surface area (Å²) >= 11 is 0. The van der Waals surface area contributed by atoms with Gasteiger partial charge in [-0.05, 0) is 50.7 Å². The van der Waals surface area contributed by atoms with Crippen molar-refractivity contribution in [3.05, 3.63) is 34.9 Å². The Morgan fingerprint density at radius 3 is 2.54 bits per heavy atom. The summed E-state index contributed by atoms with van der Waals surface area (Å²) in [5.74, 6) is 0.253. The third-order valence-electron chi connectivity index (χ3n) is 5.15. The van der Waals surface area contributed by atoms with Crippen LogP contribution in [0.5, 0.6) is 0 Å². The van der Waals surface area contributed by atoms with Gasteiger partial charge in [-0.25, -0.2) is 0 Å². The van der Waals surface area contributed by atoms with Crippen LogP contribution < -0.4 is 0 Å². The lowest BCUT2D eigenvalue weighted by molar-refractivity contribution is -0.132. The number of rotatable bonds is 8. The largest absolute Gasteiger partial charge is 0.340 e. The van der Waals surface area contributed by atoms with Crippen molar-refractivity contribution in [1.29, 1.82) is 0 Å². The van der Waals surface area contributed by atoms with Gasteiger partial charge in [0, 0.05) is 25.6 Å². The predicted octanol–water partition coefficient (Wildman–Crippen LogP) is 3.41. The van der Waals surface area contributed by atoms with Crippen LogP contribution in [0, 0.1) is 12.8 Å². The van der Waals surface area contributed by atoms with E-state index in [0.717, 1.165) is 31.4 Å². The molecule has 0 aromatic heterocycles. The minimum atomic E-state index is -0.240. The molecule has 1 aromatic rings. The fraction of sp³-hybridized carbons (Fsp3) is 0.571. The summed E-state index contributed by atoms with van der Waals surface area (Å²) in [6, 6.07) is 5.74. The van der Waals surface area contributed by atoms with Crippen molar-refractivity contribution in [2.24, 2.45) is 5.92 Å². The van der Waals surface area contributed by atoms with Gasteiger partial charge in [0.25, 0.3) is 11.8 Å². The minimum Gasteiger partial charge on any atom is -0.340 e. The quantitative estimate of drug-likeness (QED) is 0.671. The molecule has 2 aliphatic rings. The molecule has 3 rings (SSSR count). The lowest BCUT2D eigenvalue weighted by Crippen LogP contribution is -2.36. The third-order valence-corrected chi connectivity index (χ3v) is 5.15. The smallest absolute Gasteiger partial charge is 0.261 e. The number of hydrogen-bond donors (Lipinski definition) is 0. The average Bonchev–Trinajstić information content (AvgIpc) is 3.39. The average molecular weight is 356 g/mol. The lowest BCUT2D eigenvalue weighted by atomic mass is 10.1. The first-order valence-corrected chi connectivity index (χ1v) is 9.64. The molecular weight excluding hydrogens is 328 g/mol. The van der Waals surface area contributed by atoms with Crippen molar-refractivity contribution >= 4 is 17.7 Å². The Balaban J connectivity index is 1.54. The van der Waals surface area contributed by atoms with E-state index in [2.05, 4.69) is 13.8 Å². The Morgan fingerprint density at radius 1 is 1.19 bits per heavy atom. The van der Waals surface area contributed by atoms with Crippen LogP contribution in [0.1, 0.15) is 72.2 Å². The highest BCUT2D eigenvalue weighted by Crippen LogP contribution is 2.29. The van der Waals surface area contributed by atoms with Gasteiger partial charge in [0.15, 0.2) is 0 Å². The first kappa shape index (κ1) is 18.6. The zero-order chi connectivity index (χ0) is 18.8. The number of carbonyl (C=O) groups excluding carboxylic acids is 3. The second kappa shape index (κ2) is 7.60. The highest BCUT2D eigenvalue weighted by molar-refractivity contribution is 6.21. The van der Waals surface area contributed by atoms with Gasteiger partial charge in [-0.3, -0.25) is 19.3 Å².